The zero-order valence-corrected chi connectivity index (χ0v) is 5.60. The van der Waals surface area contributed by atoms with Gasteiger partial charge in [0.2, 0.25) is 0 Å². The molecule has 0 aliphatic rings. The molecular formula is C2H9BrClN. The van der Waals surface area contributed by atoms with Gasteiger partial charge >= 0.3 is 0 Å². The van der Waals surface area contributed by atoms with Gasteiger partial charge in [-0.15, -0.1) is 12.4 Å². The molecule has 0 fully saturated rings. The van der Waals surface area contributed by atoms with E-state index in [-0.39, 0.29) is 29.4 Å². The van der Waals surface area contributed by atoms with Crippen molar-refractivity contribution >= 4 is 12.4 Å². The van der Waals surface area contributed by atoms with Gasteiger partial charge in [0.05, 0.1) is 6.54 Å². The van der Waals surface area contributed by atoms with E-state index in [4.69, 9.17) is 0 Å². The molecule has 0 atom stereocenters. The highest BCUT2D eigenvalue weighted by Crippen LogP contribution is 1.13. The van der Waals surface area contributed by atoms with Gasteiger partial charge in [0.25, 0.3) is 0 Å². The van der Waals surface area contributed by atoms with Crippen molar-refractivity contribution in [3.63, 3.8) is 0 Å². The molecule has 0 aliphatic heterocycles. The van der Waals surface area contributed by atoms with E-state index in [2.05, 4.69) is 5.73 Å². The summed E-state index contributed by atoms with van der Waals surface area (Å²) in [6, 6.07) is 0. The standard InChI is InChI=1S/C2H7N.BrH.ClH/c1-2-3;;/h2-3H2,1H3;2*1H. The van der Waals surface area contributed by atoms with Crippen LogP contribution in [0.25, 0.3) is 0 Å². The number of hydrogen-bond acceptors (Lipinski definition) is 0. The zero-order valence-electron chi connectivity index (χ0n) is 3.20. The summed E-state index contributed by atoms with van der Waals surface area (Å²) in [5, 5.41) is 0. The second kappa shape index (κ2) is 22.0. The molecule has 0 radical (unpaired) electrons. The van der Waals surface area contributed by atoms with Crippen LogP contribution in [0.5, 0.6) is 0 Å². The maximum absolute atomic E-state index is 3.49. The van der Waals surface area contributed by atoms with Crippen LogP contribution in [-0.2, 0) is 0 Å². The number of hydrogen-bond donors (Lipinski definition) is 1. The van der Waals surface area contributed by atoms with Gasteiger partial charge in [-0.3, -0.25) is 0 Å². The monoisotopic (exact) mass is 161 g/mol. The fourth-order valence-corrected chi connectivity index (χ4v) is 0. The van der Waals surface area contributed by atoms with Crippen LogP contribution in [0.2, 0.25) is 0 Å². The van der Waals surface area contributed by atoms with Crippen molar-refractivity contribution < 1.29 is 22.7 Å². The summed E-state index contributed by atoms with van der Waals surface area (Å²) in [7, 11) is 0. The van der Waals surface area contributed by atoms with E-state index < -0.39 is 0 Å². The Bertz CT molecular complexity index is 9.61. The average molecular weight is 162 g/mol. The lowest BCUT2D eigenvalue weighted by molar-refractivity contribution is -0.361. The van der Waals surface area contributed by atoms with Crippen LogP contribution in [0.15, 0.2) is 0 Å². The Hall–Kier alpha value is 0.730. The minimum Gasteiger partial charge on any atom is -1.00 e. The summed E-state index contributed by atoms with van der Waals surface area (Å²) in [6.45, 7) is 3.01. The highest BCUT2D eigenvalue weighted by molar-refractivity contribution is 5.85. The van der Waals surface area contributed by atoms with Gasteiger partial charge < -0.3 is 22.7 Å². The molecular weight excluding hydrogens is 153 g/mol. The van der Waals surface area contributed by atoms with E-state index in [0.717, 1.165) is 6.54 Å². The molecule has 0 heterocycles. The Balaban J connectivity index is -0.0000000200. The molecule has 0 bridgehead atoms. The van der Waals surface area contributed by atoms with Crippen LogP contribution in [0.4, 0.5) is 0 Å². The Morgan fingerprint density at radius 1 is 1.60 bits per heavy atom. The summed E-state index contributed by atoms with van der Waals surface area (Å²) < 4.78 is 0. The van der Waals surface area contributed by atoms with Gasteiger partial charge in [-0.25, -0.2) is 0 Å². The number of quaternary nitrogens is 1. The maximum atomic E-state index is 3.49. The molecule has 3 heteroatoms. The molecule has 0 spiro atoms. The lowest BCUT2D eigenvalue weighted by Crippen LogP contribution is -3.00. The summed E-state index contributed by atoms with van der Waals surface area (Å²) in [5.74, 6) is 0. The van der Waals surface area contributed by atoms with Crippen molar-refractivity contribution in [3.8, 4) is 0 Å². The minimum atomic E-state index is 0. The predicted molar refractivity (Wildman–Crippen MR) is 20.7 cm³/mol. The molecule has 3 N–H and O–H groups in total. The molecule has 0 saturated carbocycles. The Morgan fingerprint density at radius 3 is 1.60 bits per heavy atom. The van der Waals surface area contributed by atoms with Crippen LogP contribution in [0.1, 0.15) is 6.92 Å². The molecule has 0 rings (SSSR count). The summed E-state index contributed by atoms with van der Waals surface area (Å²) in [6.07, 6.45) is 0. The van der Waals surface area contributed by atoms with Crippen LogP contribution in [0, 0.1) is 0 Å². The van der Waals surface area contributed by atoms with E-state index >= 15 is 0 Å². The average Bonchev–Trinajstić information content (AvgIpc) is 0.918. The molecule has 36 valence electrons. The van der Waals surface area contributed by atoms with Crippen LogP contribution >= 0.6 is 12.4 Å². The SMILES string of the molecule is CC[NH3+].Cl.[Br-]. The van der Waals surface area contributed by atoms with Crippen molar-refractivity contribution in [2.24, 2.45) is 0 Å². The summed E-state index contributed by atoms with van der Waals surface area (Å²) >= 11 is 0. The van der Waals surface area contributed by atoms with Gasteiger partial charge in [-0.1, -0.05) is 0 Å². The quantitative estimate of drug-likeness (QED) is 0.386. The van der Waals surface area contributed by atoms with Crippen molar-refractivity contribution in [3.05, 3.63) is 0 Å². The van der Waals surface area contributed by atoms with E-state index in [9.17, 15) is 0 Å². The van der Waals surface area contributed by atoms with E-state index in [1.54, 1.807) is 0 Å². The third-order valence-corrected chi connectivity index (χ3v) is 0. The van der Waals surface area contributed by atoms with Crippen molar-refractivity contribution in [1.29, 1.82) is 0 Å². The van der Waals surface area contributed by atoms with Gasteiger partial charge in [-0.2, -0.15) is 0 Å². The molecule has 0 amide bonds. The molecule has 0 unspecified atom stereocenters. The van der Waals surface area contributed by atoms with E-state index in [1.165, 1.54) is 0 Å². The van der Waals surface area contributed by atoms with Gasteiger partial charge in [0.1, 0.15) is 0 Å². The van der Waals surface area contributed by atoms with Crippen molar-refractivity contribution in [2.45, 2.75) is 6.92 Å². The van der Waals surface area contributed by atoms with Gasteiger partial charge in [0, 0.05) is 0 Å². The largest absolute Gasteiger partial charge is 1.00 e. The summed E-state index contributed by atoms with van der Waals surface area (Å²) in [5.41, 5.74) is 3.49. The lowest BCUT2D eigenvalue weighted by Gasteiger charge is -1.49. The topological polar surface area (TPSA) is 27.6 Å². The zero-order chi connectivity index (χ0) is 2.71. The maximum Gasteiger partial charge on any atom is 0.0711 e. The highest BCUT2D eigenvalue weighted by atomic mass is 79.9. The fraction of sp³-hybridized carbons (Fsp3) is 1.00. The molecule has 0 aromatic carbocycles. The first kappa shape index (κ1) is 17.2. The molecule has 0 saturated heterocycles. The molecule has 5 heavy (non-hydrogen) atoms. The van der Waals surface area contributed by atoms with Gasteiger partial charge in [0.15, 0.2) is 0 Å². The normalized spacial score (nSPS) is 3.60. The fourth-order valence-electron chi connectivity index (χ4n) is 0. The number of halogens is 2. The highest BCUT2D eigenvalue weighted by Gasteiger charge is 1.37. The first-order chi connectivity index (χ1) is 1.41. The smallest absolute Gasteiger partial charge is 0.0711 e. The Labute approximate surface area is 49.1 Å². The van der Waals surface area contributed by atoms with E-state index in [1.807, 2.05) is 6.92 Å². The van der Waals surface area contributed by atoms with Crippen LogP contribution in [-0.4, -0.2) is 6.54 Å². The van der Waals surface area contributed by atoms with E-state index in [0.29, 0.717) is 0 Å². The molecule has 1 nitrogen and oxygen atoms in total. The molecule has 0 aromatic heterocycles. The third kappa shape index (κ3) is 66.2. The second-order valence-corrected chi connectivity index (χ2v) is 0.500. The van der Waals surface area contributed by atoms with Gasteiger partial charge in [-0.05, 0) is 6.92 Å². The number of rotatable bonds is 0. The van der Waals surface area contributed by atoms with Crippen LogP contribution < -0.4 is 22.7 Å². The first-order valence-corrected chi connectivity index (χ1v) is 1.21. The summed E-state index contributed by atoms with van der Waals surface area (Å²) in [4.78, 5) is 0. The minimum absolute atomic E-state index is 0. The predicted octanol–water partition coefficient (Wildman–Crippen LogP) is -3.33. The van der Waals surface area contributed by atoms with Crippen molar-refractivity contribution in [1.82, 2.24) is 0 Å². The molecule has 0 aliphatic carbocycles. The first-order valence-electron chi connectivity index (χ1n) is 1.21. The Kier molecular flexibility index (Phi) is 75.6. The Morgan fingerprint density at radius 2 is 1.60 bits per heavy atom. The third-order valence-electron chi connectivity index (χ3n) is 0. The lowest BCUT2D eigenvalue weighted by atomic mass is 10.8. The second-order valence-electron chi connectivity index (χ2n) is 0.500. The van der Waals surface area contributed by atoms with Crippen molar-refractivity contribution in [2.75, 3.05) is 6.54 Å². The van der Waals surface area contributed by atoms with Crippen LogP contribution in [0.3, 0.4) is 0 Å². The molecule has 0 aromatic rings.